The summed E-state index contributed by atoms with van der Waals surface area (Å²) in [5.74, 6) is 1.57. The number of hydrogen-bond acceptors (Lipinski definition) is 3. The summed E-state index contributed by atoms with van der Waals surface area (Å²) < 4.78 is 11.0. The van der Waals surface area contributed by atoms with Crippen LogP contribution in [-0.4, -0.2) is 20.8 Å². The lowest BCUT2D eigenvalue weighted by molar-refractivity contribution is 0.346. The van der Waals surface area contributed by atoms with Crippen LogP contribution < -0.4 is 14.8 Å². The molecule has 3 nitrogen and oxygen atoms in total. The first kappa shape index (κ1) is 14.9. The zero-order chi connectivity index (χ0) is 15.7. The fraction of sp³-hybridized carbons (Fsp3) is 0.368. The molecule has 1 aliphatic rings. The average Bonchev–Trinajstić information content (AvgIpc) is 2.54. The van der Waals surface area contributed by atoms with Crippen LogP contribution in [0.3, 0.4) is 0 Å². The molecule has 1 atom stereocenters. The van der Waals surface area contributed by atoms with Gasteiger partial charge in [0.25, 0.3) is 0 Å². The van der Waals surface area contributed by atoms with E-state index in [1.54, 1.807) is 14.2 Å². The third-order valence-electron chi connectivity index (χ3n) is 4.48. The monoisotopic (exact) mass is 297 g/mol. The molecule has 3 rings (SSSR count). The summed E-state index contributed by atoms with van der Waals surface area (Å²) in [5.41, 5.74) is 3.91. The molecule has 1 aliphatic heterocycles. The molecular weight excluding hydrogens is 274 g/mol. The molecule has 0 radical (unpaired) electrons. The Morgan fingerprint density at radius 3 is 2.27 bits per heavy atom. The Morgan fingerprint density at radius 2 is 1.64 bits per heavy atom. The van der Waals surface area contributed by atoms with Gasteiger partial charge in [0.1, 0.15) is 0 Å². The summed E-state index contributed by atoms with van der Waals surface area (Å²) in [6.07, 6.45) is 0. The molecule has 0 saturated heterocycles. The molecule has 0 aliphatic carbocycles. The maximum atomic E-state index is 5.50. The van der Waals surface area contributed by atoms with E-state index in [2.05, 4.69) is 55.6 Å². The van der Waals surface area contributed by atoms with Gasteiger partial charge in [0.15, 0.2) is 11.5 Å². The smallest absolute Gasteiger partial charge is 0.161 e. The highest BCUT2D eigenvalue weighted by molar-refractivity contribution is 5.54. The van der Waals surface area contributed by atoms with Crippen LogP contribution in [0.25, 0.3) is 0 Å². The average molecular weight is 297 g/mol. The standard InChI is InChI=1S/C19H23NO2/c1-19(2)12-20-18(13-8-6-5-7-9-13)14-10-16(21-3)17(22-4)11-15(14)19/h5-11,18,20H,12H2,1-4H3/t18-/m0/s1. The van der Waals surface area contributed by atoms with Gasteiger partial charge in [-0.1, -0.05) is 44.2 Å². The summed E-state index contributed by atoms with van der Waals surface area (Å²) in [6, 6.07) is 15.0. The predicted octanol–water partition coefficient (Wildman–Crippen LogP) is 3.67. The van der Waals surface area contributed by atoms with Crippen molar-refractivity contribution in [3.05, 3.63) is 59.2 Å². The van der Waals surface area contributed by atoms with Crippen LogP contribution in [0.2, 0.25) is 0 Å². The van der Waals surface area contributed by atoms with Crippen LogP contribution in [0.1, 0.15) is 36.6 Å². The number of fused-ring (bicyclic) bond motifs is 1. The Bertz CT molecular complexity index is 665. The number of methoxy groups -OCH3 is 2. The molecule has 3 heteroatoms. The third-order valence-corrected chi connectivity index (χ3v) is 4.48. The van der Waals surface area contributed by atoms with E-state index in [0.717, 1.165) is 18.0 Å². The molecule has 1 N–H and O–H groups in total. The molecule has 116 valence electrons. The second-order valence-electron chi connectivity index (χ2n) is 6.40. The van der Waals surface area contributed by atoms with Gasteiger partial charge in [0.05, 0.1) is 20.3 Å². The molecule has 0 unspecified atom stereocenters. The van der Waals surface area contributed by atoms with E-state index < -0.39 is 0 Å². The van der Waals surface area contributed by atoms with Crippen molar-refractivity contribution in [2.45, 2.75) is 25.3 Å². The fourth-order valence-corrected chi connectivity index (χ4v) is 3.22. The minimum atomic E-state index is 0.0557. The number of hydrogen-bond donors (Lipinski definition) is 1. The quantitative estimate of drug-likeness (QED) is 0.937. The summed E-state index contributed by atoms with van der Waals surface area (Å²) in [6.45, 7) is 5.44. The van der Waals surface area contributed by atoms with Crippen LogP contribution in [0.15, 0.2) is 42.5 Å². The molecule has 2 aromatic rings. The lowest BCUT2D eigenvalue weighted by Crippen LogP contribution is -2.42. The predicted molar refractivity (Wildman–Crippen MR) is 88.9 cm³/mol. The van der Waals surface area contributed by atoms with Crippen molar-refractivity contribution in [3.63, 3.8) is 0 Å². The zero-order valence-electron chi connectivity index (χ0n) is 13.6. The van der Waals surface area contributed by atoms with Crippen LogP contribution >= 0.6 is 0 Å². The Kier molecular flexibility index (Phi) is 3.83. The molecule has 0 bridgehead atoms. The second kappa shape index (κ2) is 5.65. The second-order valence-corrected chi connectivity index (χ2v) is 6.40. The van der Waals surface area contributed by atoms with E-state index >= 15 is 0 Å². The number of benzene rings is 2. The molecule has 0 fully saturated rings. The Morgan fingerprint density at radius 1 is 1.00 bits per heavy atom. The molecule has 0 saturated carbocycles. The van der Waals surface area contributed by atoms with Gasteiger partial charge in [-0.25, -0.2) is 0 Å². The molecular formula is C19H23NO2. The highest BCUT2D eigenvalue weighted by Crippen LogP contribution is 2.42. The van der Waals surface area contributed by atoms with Gasteiger partial charge in [-0.05, 0) is 28.8 Å². The minimum Gasteiger partial charge on any atom is -0.493 e. The normalized spacial score (nSPS) is 19.4. The SMILES string of the molecule is COc1cc2c(cc1OC)C(C)(C)CN[C@H]2c1ccccc1. The number of rotatable bonds is 3. The van der Waals surface area contributed by atoms with Crippen molar-refractivity contribution >= 4 is 0 Å². The van der Waals surface area contributed by atoms with Crippen LogP contribution in [0, 0.1) is 0 Å². The van der Waals surface area contributed by atoms with Crippen LogP contribution in [-0.2, 0) is 5.41 Å². The zero-order valence-corrected chi connectivity index (χ0v) is 13.6. The highest BCUT2D eigenvalue weighted by atomic mass is 16.5. The van der Waals surface area contributed by atoms with Gasteiger partial charge in [-0.2, -0.15) is 0 Å². The minimum absolute atomic E-state index is 0.0557. The highest BCUT2D eigenvalue weighted by Gasteiger charge is 2.34. The van der Waals surface area contributed by atoms with Crippen LogP contribution in [0.4, 0.5) is 0 Å². The summed E-state index contributed by atoms with van der Waals surface area (Å²) >= 11 is 0. The maximum Gasteiger partial charge on any atom is 0.161 e. The third kappa shape index (κ3) is 2.46. The van der Waals surface area contributed by atoms with Crippen molar-refractivity contribution in [2.24, 2.45) is 0 Å². The van der Waals surface area contributed by atoms with Gasteiger partial charge in [0, 0.05) is 12.0 Å². The van der Waals surface area contributed by atoms with E-state index in [1.165, 1.54) is 16.7 Å². The molecule has 22 heavy (non-hydrogen) atoms. The van der Waals surface area contributed by atoms with Crippen molar-refractivity contribution in [1.82, 2.24) is 5.32 Å². The van der Waals surface area contributed by atoms with Gasteiger partial charge >= 0.3 is 0 Å². The lowest BCUT2D eigenvalue weighted by atomic mass is 9.75. The molecule has 0 amide bonds. The van der Waals surface area contributed by atoms with Gasteiger partial charge in [0.2, 0.25) is 0 Å². The molecule has 0 spiro atoms. The van der Waals surface area contributed by atoms with Crippen molar-refractivity contribution < 1.29 is 9.47 Å². The largest absolute Gasteiger partial charge is 0.493 e. The van der Waals surface area contributed by atoms with E-state index in [0.29, 0.717) is 0 Å². The maximum absolute atomic E-state index is 5.50. The van der Waals surface area contributed by atoms with Gasteiger partial charge in [-0.15, -0.1) is 0 Å². The van der Waals surface area contributed by atoms with Gasteiger partial charge < -0.3 is 14.8 Å². The van der Waals surface area contributed by atoms with E-state index in [-0.39, 0.29) is 11.5 Å². The lowest BCUT2D eigenvalue weighted by Gasteiger charge is -2.38. The first-order chi connectivity index (χ1) is 10.6. The Balaban J connectivity index is 2.17. The Labute approximate surface area is 132 Å². The number of nitrogens with one attached hydrogen (secondary N) is 1. The summed E-state index contributed by atoms with van der Waals surface area (Å²) in [5, 5.41) is 3.67. The number of ether oxygens (including phenoxy) is 2. The van der Waals surface area contributed by atoms with Crippen molar-refractivity contribution in [3.8, 4) is 11.5 Å². The van der Waals surface area contributed by atoms with E-state index in [9.17, 15) is 0 Å². The first-order valence-electron chi connectivity index (χ1n) is 7.61. The van der Waals surface area contributed by atoms with E-state index in [4.69, 9.17) is 9.47 Å². The first-order valence-corrected chi connectivity index (χ1v) is 7.61. The topological polar surface area (TPSA) is 30.5 Å². The molecule has 0 aromatic heterocycles. The van der Waals surface area contributed by atoms with Crippen molar-refractivity contribution in [1.29, 1.82) is 0 Å². The molecule has 1 heterocycles. The fourth-order valence-electron chi connectivity index (χ4n) is 3.22. The van der Waals surface area contributed by atoms with Crippen molar-refractivity contribution in [2.75, 3.05) is 20.8 Å². The van der Waals surface area contributed by atoms with Crippen LogP contribution in [0.5, 0.6) is 11.5 Å². The molecule has 2 aromatic carbocycles. The van der Waals surface area contributed by atoms with Gasteiger partial charge in [-0.3, -0.25) is 0 Å². The Hall–Kier alpha value is -2.00. The van der Waals surface area contributed by atoms with E-state index in [1.807, 2.05) is 6.07 Å². The summed E-state index contributed by atoms with van der Waals surface area (Å²) in [4.78, 5) is 0. The summed E-state index contributed by atoms with van der Waals surface area (Å²) in [7, 11) is 3.37.